The Balaban J connectivity index is 2.52. The fraction of sp³-hybridized carbons (Fsp3) is 0.500. The molecule has 0 saturated heterocycles. The fourth-order valence-electron chi connectivity index (χ4n) is 3.23. The van der Waals surface area contributed by atoms with Crippen molar-refractivity contribution in [1.82, 2.24) is 0 Å². The second-order valence-electron chi connectivity index (χ2n) is 6.14. The predicted octanol–water partition coefficient (Wildman–Crippen LogP) is 6.37. The van der Waals surface area contributed by atoms with Crippen LogP contribution in [-0.4, -0.2) is 26.4 Å². The minimum Gasteiger partial charge on any atom is -0.309 e. The van der Waals surface area contributed by atoms with E-state index in [-0.39, 0.29) is 12.3 Å². The van der Waals surface area contributed by atoms with Gasteiger partial charge in [-0.15, -0.1) is 0 Å². The van der Waals surface area contributed by atoms with Crippen LogP contribution in [-0.2, 0) is 39.5 Å². The summed E-state index contributed by atoms with van der Waals surface area (Å²) in [6.45, 7) is 8.39. The van der Waals surface area contributed by atoms with Gasteiger partial charge in [-0.3, -0.25) is 9.13 Å². The van der Waals surface area contributed by atoms with Crippen LogP contribution in [0.25, 0.3) is 10.8 Å². The van der Waals surface area contributed by atoms with Crippen LogP contribution in [0.3, 0.4) is 0 Å². The Morgan fingerprint density at radius 2 is 1.00 bits per heavy atom. The number of fused-ring (bicyclic) bond motifs is 1. The van der Waals surface area contributed by atoms with Crippen molar-refractivity contribution in [1.29, 1.82) is 0 Å². The smallest absolute Gasteiger partial charge is 0.309 e. The molecule has 2 aromatic carbocycles. The number of rotatable bonds is 12. The summed E-state index contributed by atoms with van der Waals surface area (Å²) >= 11 is 0. The molecule has 2 rings (SSSR count). The molecule has 8 heteroatoms. The van der Waals surface area contributed by atoms with Gasteiger partial charge in [-0.1, -0.05) is 36.4 Å². The summed E-state index contributed by atoms with van der Waals surface area (Å²) in [4.78, 5) is 0. The van der Waals surface area contributed by atoms with Crippen LogP contribution in [0.15, 0.2) is 36.4 Å². The Hall–Kier alpha value is -1.00. The van der Waals surface area contributed by atoms with Crippen molar-refractivity contribution in [2.75, 3.05) is 26.4 Å². The molecule has 6 nitrogen and oxygen atoms in total. The molecule has 0 aliphatic rings. The fourth-order valence-corrected chi connectivity index (χ4v) is 6.68. The van der Waals surface area contributed by atoms with Crippen molar-refractivity contribution in [2.45, 2.75) is 40.0 Å². The highest BCUT2D eigenvalue weighted by Gasteiger charge is 2.28. The van der Waals surface area contributed by atoms with Crippen LogP contribution in [0, 0.1) is 0 Å². The van der Waals surface area contributed by atoms with Crippen LogP contribution in [0.4, 0.5) is 0 Å². The van der Waals surface area contributed by atoms with Crippen LogP contribution >= 0.6 is 15.2 Å². The molecule has 0 heterocycles. The van der Waals surface area contributed by atoms with E-state index in [1.165, 1.54) is 0 Å². The zero-order valence-electron chi connectivity index (χ0n) is 17.1. The molecule has 0 saturated carbocycles. The topological polar surface area (TPSA) is 71.1 Å². The monoisotopic (exact) mass is 428 g/mol. The Kier molecular flexibility index (Phi) is 8.88. The summed E-state index contributed by atoms with van der Waals surface area (Å²) in [6, 6.07) is 11.6. The molecular formula is C20H30O6P2. The summed E-state index contributed by atoms with van der Waals surface area (Å²) < 4.78 is 48.0. The molecule has 0 spiro atoms. The van der Waals surface area contributed by atoms with Gasteiger partial charge in [-0.25, -0.2) is 0 Å². The third-order valence-corrected chi connectivity index (χ3v) is 8.17. The predicted molar refractivity (Wildman–Crippen MR) is 113 cm³/mol. The van der Waals surface area contributed by atoms with Crippen molar-refractivity contribution in [3.8, 4) is 0 Å². The highest BCUT2D eigenvalue weighted by Crippen LogP contribution is 2.54. The van der Waals surface area contributed by atoms with Gasteiger partial charge in [0.05, 0.1) is 38.8 Å². The van der Waals surface area contributed by atoms with Gasteiger partial charge in [0, 0.05) is 0 Å². The first kappa shape index (κ1) is 23.3. The van der Waals surface area contributed by atoms with E-state index in [1.807, 2.05) is 36.4 Å². The molecule has 0 aliphatic heterocycles. The molecule has 0 bridgehead atoms. The van der Waals surface area contributed by atoms with Crippen molar-refractivity contribution < 1.29 is 27.2 Å². The molecule has 28 heavy (non-hydrogen) atoms. The van der Waals surface area contributed by atoms with Crippen LogP contribution in [0.2, 0.25) is 0 Å². The summed E-state index contributed by atoms with van der Waals surface area (Å²) in [5.74, 6) is 0. The second kappa shape index (κ2) is 10.7. The summed E-state index contributed by atoms with van der Waals surface area (Å²) in [7, 11) is -6.55. The van der Waals surface area contributed by atoms with E-state index < -0.39 is 15.2 Å². The van der Waals surface area contributed by atoms with Crippen molar-refractivity contribution in [3.05, 3.63) is 47.5 Å². The average Bonchev–Trinajstić information content (AvgIpc) is 2.62. The molecule has 0 amide bonds. The molecule has 0 radical (unpaired) electrons. The summed E-state index contributed by atoms with van der Waals surface area (Å²) in [6.07, 6.45) is 0.299. The molecule has 0 unspecified atom stereocenters. The van der Waals surface area contributed by atoms with E-state index in [9.17, 15) is 9.13 Å². The first-order valence-electron chi connectivity index (χ1n) is 9.66. The molecule has 0 fully saturated rings. The highest BCUT2D eigenvalue weighted by molar-refractivity contribution is 7.53. The lowest BCUT2D eigenvalue weighted by Gasteiger charge is -2.21. The zero-order valence-corrected chi connectivity index (χ0v) is 18.8. The van der Waals surface area contributed by atoms with Gasteiger partial charge in [0.25, 0.3) is 0 Å². The van der Waals surface area contributed by atoms with Gasteiger partial charge in [0.2, 0.25) is 0 Å². The molecule has 0 aromatic heterocycles. The molecule has 0 N–H and O–H groups in total. The van der Waals surface area contributed by atoms with Crippen molar-refractivity contribution >= 4 is 26.0 Å². The largest absolute Gasteiger partial charge is 0.335 e. The van der Waals surface area contributed by atoms with Crippen molar-refractivity contribution in [2.24, 2.45) is 0 Å². The van der Waals surface area contributed by atoms with Crippen LogP contribution in [0.5, 0.6) is 0 Å². The summed E-state index contributed by atoms with van der Waals surface area (Å²) in [5, 5.41) is 1.86. The van der Waals surface area contributed by atoms with E-state index in [2.05, 4.69) is 0 Å². The maximum absolute atomic E-state index is 13.1. The van der Waals surface area contributed by atoms with E-state index in [4.69, 9.17) is 18.1 Å². The molecule has 156 valence electrons. The normalized spacial score (nSPS) is 12.6. The molecule has 2 aromatic rings. The third kappa shape index (κ3) is 6.00. The van der Waals surface area contributed by atoms with E-state index in [0.717, 1.165) is 21.9 Å². The minimum atomic E-state index is -3.27. The lowest BCUT2D eigenvalue weighted by atomic mass is 10.0. The van der Waals surface area contributed by atoms with E-state index in [1.54, 1.807) is 27.7 Å². The maximum atomic E-state index is 13.1. The highest BCUT2D eigenvalue weighted by atomic mass is 31.2. The number of hydrogen-bond acceptors (Lipinski definition) is 6. The van der Waals surface area contributed by atoms with Gasteiger partial charge < -0.3 is 18.1 Å². The Morgan fingerprint density at radius 3 is 1.32 bits per heavy atom. The Labute approximate surface area is 167 Å². The van der Waals surface area contributed by atoms with E-state index >= 15 is 0 Å². The minimum absolute atomic E-state index is 0.149. The lowest BCUT2D eigenvalue weighted by molar-refractivity contribution is 0.218. The van der Waals surface area contributed by atoms with Crippen LogP contribution in [0.1, 0.15) is 38.8 Å². The lowest BCUT2D eigenvalue weighted by Crippen LogP contribution is -2.02. The molecule has 0 aliphatic carbocycles. The SMILES string of the molecule is CCOP(=O)(Cc1cccc2cccc(CP(=O)(OCC)OCC)c12)OCC. The first-order valence-corrected chi connectivity index (χ1v) is 13.1. The summed E-state index contributed by atoms with van der Waals surface area (Å²) in [5.41, 5.74) is 1.66. The van der Waals surface area contributed by atoms with Gasteiger partial charge in [0.15, 0.2) is 0 Å². The first-order chi connectivity index (χ1) is 13.4. The van der Waals surface area contributed by atoms with Gasteiger partial charge in [-0.05, 0) is 49.6 Å². The average molecular weight is 428 g/mol. The van der Waals surface area contributed by atoms with Gasteiger partial charge in [-0.2, -0.15) is 0 Å². The standard InChI is InChI=1S/C20H30O6P2/c1-5-23-27(21,24-6-2)15-18-13-9-11-17-12-10-14-19(20(17)18)16-28(22,25-7-3)26-8-4/h9-14H,5-8,15-16H2,1-4H3. The van der Waals surface area contributed by atoms with Gasteiger partial charge in [0.1, 0.15) is 0 Å². The number of benzene rings is 2. The third-order valence-electron chi connectivity index (χ3n) is 4.11. The Bertz CT molecular complexity index is 780. The number of hydrogen-bond donors (Lipinski definition) is 0. The zero-order chi connectivity index (χ0) is 20.6. The Morgan fingerprint density at radius 1 is 0.643 bits per heavy atom. The maximum Gasteiger partial charge on any atom is 0.335 e. The quantitative estimate of drug-likeness (QED) is 0.366. The van der Waals surface area contributed by atoms with Gasteiger partial charge >= 0.3 is 15.2 Å². The molecular weight excluding hydrogens is 398 g/mol. The second-order valence-corrected chi connectivity index (χ2v) is 10.3. The van der Waals surface area contributed by atoms with Crippen LogP contribution < -0.4 is 0 Å². The van der Waals surface area contributed by atoms with Crippen molar-refractivity contribution in [3.63, 3.8) is 0 Å². The molecule has 0 atom stereocenters. The van der Waals surface area contributed by atoms with E-state index in [0.29, 0.717) is 26.4 Å².